The largest absolute Gasteiger partial charge is 0.242 e. The summed E-state index contributed by atoms with van der Waals surface area (Å²) >= 11 is 15.1. The number of thiophene rings is 1. The number of benzene rings is 1. The predicted octanol–water partition coefficient (Wildman–Crippen LogP) is 4.27. The molecule has 1 N–H and O–H groups in total. The molecule has 0 aliphatic rings. The van der Waals surface area contributed by atoms with Gasteiger partial charge >= 0.3 is 0 Å². The maximum atomic E-state index is 12.1. The van der Waals surface area contributed by atoms with E-state index in [0.717, 1.165) is 5.75 Å². The fourth-order valence-electron chi connectivity index (χ4n) is 1.58. The second-order valence-electron chi connectivity index (χ2n) is 4.10. The Morgan fingerprint density at radius 3 is 2.76 bits per heavy atom. The van der Waals surface area contributed by atoms with Gasteiger partial charge in [-0.3, -0.25) is 0 Å². The van der Waals surface area contributed by atoms with Gasteiger partial charge in [-0.15, -0.1) is 11.3 Å². The van der Waals surface area contributed by atoms with Gasteiger partial charge in [-0.25, -0.2) is 13.1 Å². The molecule has 0 amide bonds. The molecule has 0 aliphatic heterocycles. The van der Waals surface area contributed by atoms with E-state index in [-0.39, 0.29) is 9.92 Å². The first-order valence-electron chi connectivity index (χ1n) is 6.04. The van der Waals surface area contributed by atoms with Crippen LogP contribution in [0.4, 0.5) is 0 Å². The highest BCUT2D eigenvalue weighted by Crippen LogP contribution is 2.24. The molecular formula is C13H13Cl2NO2S3. The van der Waals surface area contributed by atoms with Gasteiger partial charge in [0.2, 0.25) is 10.0 Å². The smallest absolute Gasteiger partial charge is 0.210 e. The lowest BCUT2D eigenvalue weighted by atomic mass is 10.4. The third kappa shape index (κ3) is 5.16. The second kappa shape index (κ2) is 7.85. The van der Waals surface area contributed by atoms with Crippen molar-refractivity contribution in [2.24, 2.45) is 0 Å². The summed E-state index contributed by atoms with van der Waals surface area (Å²) < 4.78 is 26.8. The molecule has 114 valence electrons. The number of sulfonamides is 1. The molecule has 2 aromatic rings. The highest BCUT2D eigenvalue weighted by atomic mass is 35.5. The zero-order chi connectivity index (χ0) is 15.3. The Bertz CT molecular complexity index is 687. The summed E-state index contributed by atoms with van der Waals surface area (Å²) in [7, 11) is -3.62. The Morgan fingerprint density at radius 2 is 2.05 bits per heavy atom. The molecule has 0 aliphatic carbocycles. The number of nitrogens with one attached hydrogen (secondary N) is 1. The topological polar surface area (TPSA) is 46.2 Å². The van der Waals surface area contributed by atoms with Gasteiger partial charge in [0.15, 0.2) is 0 Å². The summed E-state index contributed by atoms with van der Waals surface area (Å²) in [6, 6.07) is 8.45. The van der Waals surface area contributed by atoms with Crippen LogP contribution >= 0.6 is 46.3 Å². The van der Waals surface area contributed by atoms with Gasteiger partial charge in [-0.2, -0.15) is 11.8 Å². The van der Waals surface area contributed by atoms with E-state index in [1.807, 2.05) is 11.4 Å². The molecule has 1 aromatic heterocycles. The van der Waals surface area contributed by atoms with Gasteiger partial charge in [-0.1, -0.05) is 29.3 Å². The van der Waals surface area contributed by atoms with Gasteiger partial charge in [0, 0.05) is 28.0 Å². The maximum Gasteiger partial charge on any atom is 0.242 e. The Balaban J connectivity index is 1.85. The number of halogens is 2. The summed E-state index contributed by atoms with van der Waals surface area (Å²) in [5.74, 6) is 1.58. The lowest BCUT2D eigenvalue weighted by Gasteiger charge is -2.08. The minimum Gasteiger partial charge on any atom is -0.210 e. The monoisotopic (exact) mass is 381 g/mol. The highest BCUT2D eigenvalue weighted by molar-refractivity contribution is 7.98. The molecule has 0 saturated carbocycles. The van der Waals surface area contributed by atoms with Crippen molar-refractivity contribution < 1.29 is 8.42 Å². The quantitative estimate of drug-likeness (QED) is 0.728. The summed E-state index contributed by atoms with van der Waals surface area (Å²) in [5, 5.41) is 2.53. The molecule has 1 aromatic carbocycles. The van der Waals surface area contributed by atoms with Crippen LogP contribution in [-0.4, -0.2) is 20.7 Å². The van der Waals surface area contributed by atoms with Crippen LogP contribution in [0.2, 0.25) is 10.0 Å². The Kier molecular flexibility index (Phi) is 6.40. The van der Waals surface area contributed by atoms with Crippen LogP contribution < -0.4 is 4.72 Å². The van der Waals surface area contributed by atoms with Crippen molar-refractivity contribution in [3.05, 3.63) is 50.6 Å². The van der Waals surface area contributed by atoms with E-state index in [0.29, 0.717) is 17.3 Å². The van der Waals surface area contributed by atoms with E-state index < -0.39 is 10.0 Å². The van der Waals surface area contributed by atoms with Crippen LogP contribution in [0.25, 0.3) is 0 Å². The van der Waals surface area contributed by atoms with E-state index >= 15 is 0 Å². The Labute approximate surface area is 142 Å². The molecule has 0 bridgehead atoms. The van der Waals surface area contributed by atoms with Gasteiger partial charge < -0.3 is 0 Å². The molecule has 21 heavy (non-hydrogen) atoms. The fourth-order valence-corrected chi connectivity index (χ4v) is 5.20. The van der Waals surface area contributed by atoms with Crippen LogP contribution in [0.5, 0.6) is 0 Å². The molecule has 0 saturated heterocycles. The standard InChI is InChI=1S/C13H13Cl2NO2S3/c14-10-3-4-12(15)13(8-10)21(17,18)16-5-7-19-9-11-2-1-6-20-11/h1-4,6,8,16H,5,7,9H2. The molecule has 0 radical (unpaired) electrons. The van der Waals surface area contributed by atoms with Crippen LogP contribution in [0.1, 0.15) is 4.88 Å². The third-order valence-electron chi connectivity index (χ3n) is 2.55. The van der Waals surface area contributed by atoms with Crippen molar-refractivity contribution in [1.29, 1.82) is 0 Å². The van der Waals surface area contributed by atoms with Crippen molar-refractivity contribution in [3.63, 3.8) is 0 Å². The predicted molar refractivity (Wildman–Crippen MR) is 92.1 cm³/mol. The molecule has 8 heteroatoms. The van der Waals surface area contributed by atoms with E-state index in [9.17, 15) is 8.42 Å². The fraction of sp³-hybridized carbons (Fsp3) is 0.231. The first kappa shape index (κ1) is 17.1. The summed E-state index contributed by atoms with van der Waals surface area (Å²) in [5.41, 5.74) is 0. The van der Waals surface area contributed by atoms with Crippen LogP contribution in [0.3, 0.4) is 0 Å². The first-order chi connectivity index (χ1) is 9.99. The molecule has 3 nitrogen and oxygen atoms in total. The zero-order valence-corrected chi connectivity index (χ0v) is 14.8. The van der Waals surface area contributed by atoms with Crippen molar-refractivity contribution >= 4 is 56.3 Å². The average Bonchev–Trinajstić information content (AvgIpc) is 2.94. The average molecular weight is 382 g/mol. The van der Waals surface area contributed by atoms with Crippen molar-refractivity contribution in [2.45, 2.75) is 10.6 Å². The van der Waals surface area contributed by atoms with Crippen LogP contribution in [0, 0.1) is 0 Å². The van der Waals surface area contributed by atoms with Gasteiger partial charge in [0.05, 0.1) is 5.02 Å². The Morgan fingerprint density at radius 1 is 1.24 bits per heavy atom. The van der Waals surface area contributed by atoms with Crippen molar-refractivity contribution in [1.82, 2.24) is 4.72 Å². The van der Waals surface area contributed by atoms with Crippen molar-refractivity contribution in [2.75, 3.05) is 12.3 Å². The molecule has 0 spiro atoms. The molecule has 0 fully saturated rings. The number of hydrogen-bond acceptors (Lipinski definition) is 4. The number of hydrogen-bond donors (Lipinski definition) is 1. The molecule has 2 rings (SSSR count). The lowest BCUT2D eigenvalue weighted by Crippen LogP contribution is -2.26. The molecular weight excluding hydrogens is 369 g/mol. The van der Waals surface area contributed by atoms with E-state index in [1.54, 1.807) is 29.2 Å². The Hall–Kier alpha value is -0.240. The van der Waals surface area contributed by atoms with Gasteiger partial charge in [0.25, 0.3) is 0 Å². The highest BCUT2D eigenvalue weighted by Gasteiger charge is 2.17. The lowest BCUT2D eigenvalue weighted by molar-refractivity contribution is 0.584. The molecule has 0 atom stereocenters. The van der Waals surface area contributed by atoms with Crippen molar-refractivity contribution in [3.8, 4) is 0 Å². The third-order valence-corrected chi connectivity index (χ3v) is 6.79. The van der Waals surface area contributed by atoms with Crippen LogP contribution in [0.15, 0.2) is 40.6 Å². The first-order valence-corrected chi connectivity index (χ1v) is 10.3. The minimum atomic E-state index is -3.62. The summed E-state index contributed by atoms with van der Waals surface area (Å²) in [6.45, 7) is 0.348. The SMILES string of the molecule is O=S(=O)(NCCSCc1cccs1)c1cc(Cl)ccc1Cl. The van der Waals surface area contributed by atoms with E-state index in [1.165, 1.54) is 17.0 Å². The number of rotatable bonds is 7. The van der Waals surface area contributed by atoms with E-state index in [4.69, 9.17) is 23.2 Å². The molecule has 0 unspecified atom stereocenters. The number of thioether (sulfide) groups is 1. The van der Waals surface area contributed by atoms with E-state index in [2.05, 4.69) is 10.8 Å². The van der Waals surface area contributed by atoms with Crippen LogP contribution in [-0.2, 0) is 15.8 Å². The molecule has 1 heterocycles. The summed E-state index contributed by atoms with van der Waals surface area (Å²) in [4.78, 5) is 1.29. The second-order valence-corrected chi connectivity index (χ2v) is 8.82. The van der Waals surface area contributed by atoms with Gasteiger partial charge in [0.1, 0.15) is 4.90 Å². The minimum absolute atomic E-state index is 0.0138. The van der Waals surface area contributed by atoms with Gasteiger partial charge in [-0.05, 0) is 29.6 Å². The maximum absolute atomic E-state index is 12.1. The summed E-state index contributed by atoms with van der Waals surface area (Å²) in [6.07, 6.45) is 0. The zero-order valence-electron chi connectivity index (χ0n) is 10.9. The normalized spacial score (nSPS) is 11.7.